The van der Waals surface area contributed by atoms with Gasteiger partial charge < -0.3 is 9.84 Å². The largest absolute Gasteiger partial charge is 0.491 e. The zero-order valence-electron chi connectivity index (χ0n) is 10.9. The summed E-state index contributed by atoms with van der Waals surface area (Å²) in [5, 5.41) is 8.90. The van der Waals surface area contributed by atoms with Crippen LogP contribution in [0.15, 0.2) is 18.2 Å². The van der Waals surface area contributed by atoms with E-state index in [0.29, 0.717) is 11.7 Å². The zero-order valence-corrected chi connectivity index (χ0v) is 10.9. The first-order valence-corrected chi connectivity index (χ1v) is 5.91. The molecule has 0 spiro atoms. The van der Waals surface area contributed by atoms with Crippen LogP contribution in [-0.4, -0.2) is 17.2 Å². The Morgan fingerprint density at radius 2 is 1.94 bits per heavy atom. The average Bonchev–Trinajstić information content (AvgIpc) is 2.18. The lowest BCUT2D eigenvalue weighted by Crippen LogP contribution is -2.10. The summed E-state index contributed by atoms with van der Waals surface area (Å²) >= 11 is 0. The van der Waals surface area contributed by atoms with Crippen molar-refractivity contribution in [3.63, 3.8) is 0 Å². The number of hydrogen-bond donors (Lipinski definition) is 1. The predicted molar refractivity (Wildman–Crippen MR) is 67.6 cm³/mol. The normalized spacial score (nSPS) is 10.9. The highest BCUT2D eigenvalue weighted by molar-refractivity contribution is 5.71. The van der Waals surface area contributed by atoms with Crippen molar-refractivity contribution in [1.82, 2.24) is 0 Å². The van der Waals surface area contributed by atoms with Crippen LogP contribution in [0.3, 0.4) is 0 Å². The van der Waals surface area contributed by atoms with Crippen molar-refractivity contribution in [3.8, 4) is 5.75 Å². The summed E-state index contributed by atoms with van der Waals surface area (Å²) in [6, 6.07) is 5.79. The van der Waals surface area contributed by atoms with Crippen molar-refractivity contribution >= 4 is 5.97 Å². The first-order valence-electron chi connectivity index (χ1n) is 5.91. The molecular weight excluding hydrogens is 216 g/mol. The van der Waals surface area contributed by atoms with Crippen molar-refractivity contribution in [2.75, 3.05) is 0 Å². The maximum absolute atomic E-state index is 10.8. The molecule has 0 aliphatic heterocycles. The Hall–Kier alpha value is -1.51. The first-order chi connectivity index (χ1) is 7.90. The summed E-state index contributed by atoms with van der Waals surface area (Å²) in [7, 11) is 0. The van der Waals surface area contributed by atoms with Gasteiger partial charge in [-0.25, -0.2) is 0 Å². The van der Waals surface area contributed by atoms with E-state index in [1.807, 2.05) is 32.0 Å². The summed E-state index contributed by atoms with van der Waals surface area (Å²) in [4.78, 5) is 10.8. The fourth-order valence-electron chi connectivity index (χ4n) is 1.63. The molecule has 0 aliphatic carbocycles. The molecule has 1 aromatic rings. The highest BCUT2D eigenvalue weighted by Gasteiger charge is 2.11. The molecule has 0 heterocycles. The monoisotopic (exact) mass is 236 g/mol. The van der Waals surface area contributed by atoms with Crippen molar-refractivity contribution in [2.45, 2.75) is 46.1 Å². The Balaban J connectivity index is 3.07. The van der Waals surface area contributed by atoms with Gasteiger partial charge >= 0.3 is 5.97 Å². The van der Waals surface area contributed by atoms with Gasteiger partial charge in [0.1, 0.15) is 5.75 Å². The third-order valence-corrected chi connectivity index (χ3v) is 2.46. The SMILES string of the molecule is CC(C)Oc1ccc(C(C)C)cc1CC(=O)O. The second kappa shape index (κ2) is 5.71. The van der Waals surface area contributed by atoms with Crippen LogP contribution in [0.5, 0.6) is 5.75 Å². The first kappa shape index (κ1) is 13.6. The Bertz CT molecular complexity index is 394. The summed E-state index contributed by atoms with van der Waals surface area (Å²) in [5.74, 6) is 0.224. The quantitative estimate of drug-likeness (QED) is 0.853. The van der Waals surface area contributed by atoms with Gasteiger partial charge in [0.2, 0.25) is 0 Å². The van der Waals surface area contributed by atoms with Crippen LogP contribution >= 0.6 is 0 Å². The molecule has 1 N–H and O–H groups in total. The van der Waals surface area contributed by atoms with Crippen LogP contribution in [0.25, 0.3) is 0 Å². The van der Waals surface area contributed by atoms with E-state index in [1.165, 1.54) is 0 Å². The van der Waals surface area contributed by atoms with Gasteiger partial charge in [0.15, 0.2) is 0 Å². The van der Waals surface area contributed by atoms with Gasteiger partial charge in [0, 0.05) is 5.56 Å². The van der Waals surface area contributed by atoms with Crippen LogP contribution < -0.4 is 4.74 Å². The second-order valence-electron chi connectivity index (χ2n) is 4.76. The fraction of sp³-hybridized carbons (Fsp3) is 0.500. The van der Waals surface area contributed by atoms with E-state index in [-0.39, 0.29) is 12.5 Å². The molecule has 0 saturated heterocycles. The van der Waals surface area contributed by atoms with E-state index in [4.69, 9.17) is 9.84 Å². The number of carboxylic acids is 1. The van der Waals surface area contributed by atoms with E-state index in [1.54, 1.807) is 0 Å². The molecule has 17 heavy (non-hydrogen) atoms. The van der Waals surface area contributed by atoms with Crippen molar-refractivity contribution in [2.24, 2.45) is 0 Å². The number of hydrogen-bond acceptors (Lipinski definition) is 2. The van der Waals surface area contributed by atoms with Crippen molar-refractivity contribution < 1.29 is 14.6 Å². The molecule has 94 valence electrons. The second-order valence-corrected chi connectivity index (χ2v) is 4.76. The van der Waals surface area contributed by atoms with Gasteiger partial charge in [-0.1, -0.05) is 26.0 Å². The number of benzene rings is 1. The molecule has 0 aromatic heterocycles. The van der Waals surface area contributed by atoms with E-state index in [0.717, 1.165) is 11.1 Å². The molecule has 0 atom stereocenters. The molecule has 1 rings (SSSR count). The van der Waals surface area contributed by atoms with Gasteiger partial charge in [-0.3, -0.25) is 4.79 Å². The van der Waals surface area contributed by atoms with Gasteiger partial charge in [0.05, 0.1) is 12.5 Å². The third kappa shape index (κ3) is 4.10. The zero-order chi connectivity index (χ0) is 13.0. The average molecular weight is 236 g/mol. The Morgan fingerprint density at radius 1 is 1.29 bits per heavy atom. The fourth-order valence-corrected chi connectivity index (χ4v) is 1.63. The van der Waals surface area contributed by atoms with Crippen LogP contribution in [0.4, 0.5) is 0 Å². The summed E-state index contributed by atoms with van der Waals surface area (Å²) < 4.78 is 5.62. The molecular formula is C14H20O3. The third-order valence-electron chi connectivity index (χ3n) is 2.46. The minimum absolute atomic E-state index is 0.00259. The molecule has 0 bridgehead atoms. The molecule has 0 radical (unpaired) electrons. The van der Waals surface area contributed by atoms with Crippen LogP contribution in [0.2, 0.25) is 0 Å². The molecule has 3 nitrogen and oxygen atoms in total. The number of carbonyl (C=O) groups is 1. The van der Waals surface area contributed by atoms with Crippen LogP contribution in [-0.2, 0) is 11.2 Å². The van der Waals surface area contributed by atoms with E-state index in [9.17, 15) is 4.79 Å². The summed E-state index contributed by atoms with van der Waals surface area (Å²) in [6.45, 7) is 8.04. The Labute approximate surface area is 102 Å². The summed E-state index contributed by atoms with van der Waals surface area (Å²) in [6.07, 6.45) is 0.0512. The lowest BCUT2D eigenvalue weighted by molar-refractivity contribution is -0.136. The Morgan fingerprint density at radius 3 is 2.41 bits per heavy atom. The molecule has 1 aromatic carbocycles. The minimum Gasteiger partial charge on any atom is -0.491 e. The maximum Gasteiger partial charge on any atom is 0.307 e. The smallest absolute Gasteiger partial charge is 0.307 e. The number of carboxylic acid groups (broad SMARTS) is 1. The van der Waals surface area contributed by atoms with Gasteiger partial charge in [-0.15, -0.1) is 0 Å². The number of ether oxygens (including phenoxy) is 1. The summed E-state index contributed by atoms with van der Waals surface area (Å²) in [5.41, 5.74) is 1.88. The maximum atomic E-state index is 10.8. The van der Waals surface area contributed by atoms with Gasteiger partial charge in [0.25, 0.3) is 0 Å². The van der Waals surface area contributed by atoms with Gasteiger partial charge in [-0.2, -0.15) is 0 Å². The topological polar surface area (TPSA) is 46.5 Å². The van der Waals surface area contributed by atoms with Crippen molar-refractivity contribution in [3.05, 3.63) is 29.3 Å². The molecule has 0 fully saturated rings. The molecule has 3 heteroatoms. The predicted octanol–water partition coefficient (Wildman–Crippen LogP) is 3.22. The van der Waals surface area contributed by atoms with Gasteiger partial charge in [-0.05, 0) is 31.4 Å². The number of aliphatic carboxylic acids is 1. The standard InChI is InChI=1S/C14H20O3/c1-9(2)11-5-6-13(17-10(3)4)12(7-11)8-14(15)16/h5-7,9-10H,8H2,1-4H3,(H,15,16). The molecule has 0 unspecified atom stereocenters. The van der Waals surface area contributed by atoms with Crippen LogP contribution in [0, 0.1) is 0 Å². The number of rotatable bonds is 5. The highest BCUT2D eigenvalue weighted by Crippen LogP contribution is 2.25. The van der Waals surface area contributed by atoms with Crippen molar-refractivity contribution in [1.29, 1.82) is 0 Å². The minimum atomic E-state index is -0.834. The molecule has 0 amide bonds. The molecule has 0 saturated carbocycles. The van der Waals surface area contributed by atoms with Crippen LogP contribution in [0.1, 0.15) is 44.7 Å². The van der Waals surface area contributed by atoms with E-state index >= 15 is 0 Å². The van der Waals surface area contributed by atoms with E-state index < -0.39 is 5.97 Å². The lowest BCUT2D eigenvalue weighted by atomic mass is 9.99. The Kier molecular flexibility index (Phi) is 4.55. The molecule has 0 aliphatic rings. The van der Waals surface area contributed by atoms with E-state index in [2.05, 4.69) is 13.8 Å². The lowest BCUT2D eigenvalue weighted by Gasteiger charge is -2.15. The highest BCUT2D eigenvalue weighted by atomic mass is 16.5.